The van der Waals surface area contributed by atoms with Gasteiger partial charge in [0, 0.05) is 36.0 Å². The first-order valence-electron chi connectivity index (χ1n) is 9.39. The number of benzene rings is 2. The molecule has 0 radical (unpaired) electrons. The molecular weight excluding hydrogens is 428 g/mol. The molecule has 0 aliphatic carbocycles. The Labute approximate surface area is 182 Å². The first-order chi connectivity index (χ1) is 13.8. The molecule has 0 saturated carbocycles. The van der Waals surface area contributed by atoms with Gasteiger partial charge in [-0.1, -0.05) is 41.4 Å². The fraction of sp³-hybridized carbons (Fsp3) is 0.381. The summed E-state index contributed by atoms with van der Waals surface area (Å²) in [6, 6.07) is 15.0. The molecule has 0 bridgehead atoms. The van der Waals surface area contributed by atoms with Crippen LogP contribution in [0.3, 0.4) is 0 Å². The van der Waals surface area contributed by atoms with E-state index in [2.05, 4.69) is 36.5 Å². The van der Waals surface area contributed by atoms with Crippen molar-refractivity contribution in [1.82, 2.24) is 5.32 Å². The van der Waals surface area contributed by atoms with Crippen LogP contribution in [0.1, 0.15) is 24.0 Å². The Morgan fingerprint density at radius 2 is 1.90 bits per heavy atom. The van der Waals surface area contributed by atoms with Crippen molar-refractivity contribution in [2.45, 2.75) is 25.5 Å². The van der Waals surface area contributed by atoms with Crippen LogP contribution < -0.4 is 9.62 Å². The van der Waals surface area contributed by atoms with E-state index in [1.165, 1.54) is 15.4 Å². The van der Waals surface area contributed by atoms with E-state index in [4.69, 9.17) is 11.6 Å². The summed E-state index contributed by atoms with van der Waals surface area (Å²) in [7, 11) is -3.43. The summed E-state index contributed by atoms with van der Waals surface area (Å²) in [5.41, 5.74) is 3.08. The number of nitrogens with one attached hydrogen (secondary N) is 1. The van der Waals surface area contributed by atoms with Crippen LogP contribution in [0.4, 0.5) is 5.69 Å². The smallest absolute Gasteiger partial charge is 0.232 e. The number of amides is 1. The van der Waals surface area contributed by atoms with E-state index in [-0.39, 0.29) is 18.9 Å². The predicted octanol–water partition coefficient (Wildman–Crippen LogP) is 4.24. The maximum Gasteiger partial charge on any atom is 0.232 e. The van der Waals surface area contributed by atoms with Crippen LogP contribution in [0.5, 0.6) is 0 Å². The number of anilines is 1. The second-order valence-corrected chi connectivity index (χ2v) is 10.3. The van der Waals surface area contributed by atoms with Gasteiger partial charge in [-0.05, 0) is 43.2 Å². The Hall–Kier alpha value is -1.70. The molecule has 1 N–H and O–H groups in total. The summed E-state index contributed by atoms with van der Waals surface area (Å²) in [5, 5.41) is 3.44. The Morgan fingerprint density at radius 3 is 2.55 bits per heavy atom. The van der Waals surface area contributed by atoms with Crippen molar-refractivity contribution in [2.24, 2.45) is 0 Å². The van der Waals surface area contributed by atoms with Gasteiger partial charge < -0.3 is 5.32 Å². The summed E-state index contributed by atoms with van der Waals surface area (Å²) in [4.78, 5) is 12.0. The first kappa shape index (κ1) is 23.6. The van der Waals surface area contributed by atoms with Crippen LogP contribution >= 0.6 is 23.4 Å². The minimum Gasteiger partial charge on any atom is -0.355 e. The molecule has 2 aromatic carbocycles. The lowest BCUT2D eigenvalue weighted by atomic mass is 10.2. The molecule has 29 heavy (non-hydrogen) atoms. The molecule has 5 nitrogen and oxygen atoms in total. The molecule has 0 spiro atoms. The largest absolute Gasteiger partial charge is 0.355 e. The molecule has 2 rings (SSSR count). The number of carbonyl (C=O) groups is 1. The predicted molar refractivity (Wildman–Crippen MR) is 123 cm³/mol. The molecule has 8 heteroatoms. The lowest BCUT2D eigenvalue weighted by molar-refractivity contribution is -0.121. The van der Waals surface area contributed by atoms with Crippen LogP contribution in [-0.4, -0.2) is 39.4 Å². The molecule has 0 aliphatic heterocycles. The first-order valence-corrected chi connectivity index (χ1v) is 12.8. The van der Waals surface area contributed by atoms with Crippen molar-refractivity contribution >= 4 is 45.0 Å². The highest BCUT2D eigenvalue weighted by atomic mass is 35.5. The van der Waals surface area contributed by atoms with Crippen LogP contribution in [0.25, 0.3) is 0 Å². The average molecular weight is 455 g/mol. The van der Waals surface area contributed by atoms with E-state index in [0.29, 0.717) is 23.7 Å². The summed E-state index contributed by atoms with van der Waals surface area (Å²) in [6.07, 6.45) is 1.88. The molecule has 0 aromatic heterocycles. The summed E-state index contributed by atoms with van der Waals surface area (Å²) < 4.78 is 25.4. The summed E-state index contributed by atoms with van der Waals surface area (Å²) in [6.45, 7) is 2.92. The van der Waals surface area contributed by atoms with E-state index in [9.17, 15) is 13.2 Å². The third-order valence-electron chi connectivity index (χ3n) is 4.20. The molecule has 1 amide bonds. The molecule has 0 fully saturated rings. The van der Waals surface area contributed by atoms with Crippen molar-refractivity contribution in [3.05, 3.63) is 64.7 Å². The topological polar surface area (TPSA) is 66.5 Å². The number of sulfonamides is 1. The van der Waals surface area contributed by atoms with Crippen molar-refractivity contribution in [2.75, 3.05) is 29.4 Å². The van der Waals surface area contributed by atoms with Crippen LogP contribution in [0, 0.1) is 6.92 Å². The molecule has 0 unspecified atom stereocenters. The number of carbonyl (C=O) groups excluding carboxylic acids is 1. The molecule has 0 heterocycles. The van der Waals surface area contributed by atoms with Gasteiger partial charge in [-0.15, -0.1) is 0 Å². The number of thioether (sulfide) groups is 1. The van der Waals surface area contributed by atoms with Gasteiger partial charge in [-0.25, -0.2) is 8.42 Å². The number of nitrogens with zero attached hydrogens (tertiary/aromatic N) is 1. The zero-order chi connectivity index (χ0) is 21.3. The van der Waals surface area contributed by atoms with E-state index in [1.807, 2.05) is 0 Å². The van der Waals surface area contributed by atoms with Gasteiger partial charge in [0.15, 0.2) is 0 Å². The van der Waals surface area contributed by atoms with Crippen LogP contribution in [-0.2, 0) is 20.6 Å². The number of hydrogen-bond donors (Lipinski definition) is 1. The highest BCUT2D eigenvalue weighted by Crippen LogP contribution is 2.21. The number of rotatable bonds is 11. The maximum atomic E-state index is 12.1. The van der Waals surface area contributed by atoms with Gasteiger partial charge in [-0.3, -0.25) is 9.10 Å². The normalized spacial score (nSPS) is 11.3. The van der Waals surface area contributed by atoms with E-state index in [1.54, 1.807) is 36.0 Å². The standard InChI is InChI=1S/C21H27ClN2O3S2/c1-17-5-3-6-18(15-17)16-28-14-12-23-21(25)7-4-13-24(29(2,26)27)20-10-8-19(22)9-11-20/h3,5-6,8-11,15H,4,7,12-14,16H2,1-2H3,(H,23,25). The van der Waals surface area contributed by atoms with E-state index in [0.717, 1.165) is 17.8 Å². The van der Waals surface area contributed by atoms with Crippen molar-refractivity contribution < 1.29 is 13.2 Å². The lowest BCUT2D eigenvalue weighted by Gasteiger charge is -2.22. The van der Waals surface area contributed by atoms with Gasteiger partial charge in [0.25, 0.3) is 0 Å². The summed E-state index contributed by atoms with van der Waals surface area (Å²) >= 11 is 7.64. The Bertz CT molecular complexity index is 902. The minimum absolute atomic E-state index is 0.0642. The van der Waals surface area contributed by atoms with Gasteiger partial charge in [0.05, 0.1) is 11.9 Å². The quantitative estimate of drug-likeness (QED) is 0.515. The number of hydrogen-bond acceptors (Lipinski definition) is 4. The maximum absolute atomic E-state index is 12.1. The Balaban J connectivity index is 1.69. The molecular formula is C21H27ClN2O3S2. The van der Waals surface area contributed by atoms with Crippen LogP contribution in [0.2, 0.25) is 5.02 Å². The number of aryl methyl sites for hydroxylation is 1. The molecule has 0 aliphatic rings. The average Bonchev–Trinajstić information content (AvgIpc) is 2.65. The fourth-order valence-corrected chi connectivity index (χ4v) is 4.72. The summed E-state index contributed by atoms with van der Waals surface area (Å²) in [5.74, 6) is 1.69. The second-order valence-electron chi connectivity index (χ2n) is 6.81. The third-order valence-corrected chi connectivity index (χ3v) is 6.68. The van der Waals surface area contributed by atoms with Crippen molar-refractivity contribution in [3.63, 3.8) is 0 Å². The van der Waals surface area contributed by atoms with E-state index < -0.39 is 10.0 Å². The van der Waals surface area contributed by atoms with Crippen LogP contribution in [0.15, 0.2) is 48.5 Å². The zero-order valence-corrected chi connectivity index (χ0v) is 19.1. The van der Waals surface area contributed by atoms with Crippen molar-refractivity contribution in [3.8, 4) is 0 Å². The highest BCUT2D eigenvalue weighted by molar-refractivity contribution is 7.98. The zero-order valence-electron chi connectivity index (χ0n) is 16.7. The second kappa shape index (κ2) is 11.5. The van der Waals surface area contributed by atoms with E-state index >= 15 is 0 Å². The number of halogens is 1. The monoisotopic (exact) mass is 454 g/mol. The SMILES string of the molecule is Cc1cccc(CSCCNC(=O)CCCN(c2ccc(Cl)cc2)S(C)(=O)=O)c1. The van der Waals surface area contributed by atoms with Gasteiger partial charge in [0.1, 0.15) is 0 Å². The van der Waals surface area contributed by atoms with Crippen molar-refractivity contribution in [1.29, 1.82) is 0 Å². The molecule has 0 saturated heterocycles. The molecule has 158 valence electrons. The van der Waals surface area contributed by atoms with Gasteiger partial charge >= 0.3 is 0 Å². The Kier molecular flexibility index (Phi) is 9.33. The minimum atomic E-state index is -3.43. The van der Waals surface area contributed by atoms with Gasteiger partial charge in [0.2, 0.25) is 15.9 Å². The fourth-order valence-electron chi connectivity index (χ4n) is 2.82. The third kappa shape index (κ3) is 8.68. The molecule has 2 aromatic rings. The van der Waals surface area contributed by atoms with Gasteiger partial charge in [-0.2, -0.15) is 11.8 Å². The highest BCUT2D eigenvalue weighted by Gasteiger charge is 2.17. The Morgan fingerprint density at radius 1 is 1.17 bits per heavy atom. The molecule has 0 atom stereocenters. The lowest BCUT2D eigenvalue weighted by Crippen LogP contribution is -2.32.